The summed E-state index contributed by atoms with van der Waals surface area (Å²) in [7, 11) is 0. The summed E-state index contributed by atoms with van der Waals surface area (Å²) >= 11 is 0. The number of imidazole rings is 1. The van der Waals surface area contributed by atoms with Crippen molar-refractivity contribution >= 4 is 17.5 Å². The van der Waals surface area contributed by atoms with Crippen LogP contribution in [0.1, 0.15) is 5.56 Å². The highest BCUT2D eigenvalue weighted by molar-refractivity contribution is 5.56. The van der Waals surface area contributed by atoms with Crippen molar-refractivity contribution in [2.24, 2.45) is 0 Å². The van der Waals surface area contributed by atoms with E-state index in [0.29, 0.717) is 5.95 Å². The van der Waals surface area contributed by atoms with E-state index in [1.54, 1.807) is 18.7 Å². The molecule has 0 fully saturated rings. The molecule has 0 atom stereocenters. The normalized spacial score (nSPS) is 10.5. The average molecular weight is 342 g/mol. The number of anilines is 3. The van der Waals surface area contributed by atoms with E-state index in [2.05, 4.69) is 37.7 Å². The first kappa shape index (κ1) is 15.8. The number of hydrogen-bond acceptors (Lipinski definition) is 5. The zero-order valence-corrected chi connectivity index (χ0v) is 14.1. The van der Waals surface area contributed by atoms with E-state index in [1.165, 1.54) is 5.56 Å². The van der Waals surface area contributed by atoms with Gasteiger partial charge in [0.25, 0.3) is 0 Å². The van der Waals surface area contributed by atoms with Gasteiger partial charge in [-0.1, -0.05) is 30.3 Å². The van der Waals surface area contributed by atoms with Crippen LogP contribution in [-0.2, 0) is 6.54 Å². The quantitative estimate of drug-likeness (QED) is 0.554. The molecule has 0 saturated heterocycles. The maximum absolute atomic E-state index is 4.51. The first-order valence-corrected chi connectivity index (χ1v) is 8.33. The molecule has 26 heavy (non-hydrogen) atoms. The molecule has 2 N–H and O–H groups in total. The Morgan fingerprint density at radius 3 is 2.50 bits per heavy atom. The van der Waals surface area contributed by atoms with Crippen LogP contribution in [0.2, 0.25) is 0 Å². The number of nitrogens with zero attached hydrogens (tertiary/aromatic N) is 4. The van der Waals surface area contributed by atoms with Crippen LogP contribution in [0.25, 0.3) is 5.69 Å². The van der Waals surface area contributed by atoms with Gasteiger partial charge >= 0.3 is 0 Å². The zero-order valence-electron chi connectivity index (χ0n) is 14.1. The lowest BCUT2D eigenvalue weighted by Crippen LogP contribution is -2.04. The lowest BCUT2D eigenvalue weighted by atomic mass is 10.2. The molecule has 2 aromatic carbocycles. The summed E-state index contributed by atoms with van der Waals surface area (Å²) in [5, 5.41) is 6.54. The van der Waals surface area contributed by atoms with E-state index in [1.807, 2.05) is 59.3 Å². The molecule has 2 heterocycles. The molecule has 0 aliphatic carbocycles. The van der Waals surface area contributed by atoms with Crippen LogP contribution in [0.5, 0.6) is 0 Å². The second-order valence-electron chi connectivity index (χ2n) is 5.75. The molecule has 0 radical (unpaired) electrons. The van der Waals surface area contributed by atoms with Gasteiger partial charge in [0, 0.05) is 36.5 Å². The molecule has 6 heteroatoms. The highest BCUT2D eigenvalue weighted by atomic mass is 15.1. The van der Waals surface area contributed by atoms with E-state index in [0.717, 1.165) is 23.7 Å². The fourth-order valence-corrected chi connectivity index (χ4v) is 2.56. The zero-order chi connectivity index (χ0) is 17.6. The van der Waals surface area contributed by atoms with Crippen molar-refractivity contribution in [2.75, 3.05) is 10.6 Å². The number of rotatable bonds is 6. The summed E-state index contributed by atoms with van der Waals surface area (Å²) in [6.07, 6.45) is 7.18. The van der Waals surface area contributed by atoms with E-state index in [9.17, 15) is 0 Å². The molecule has 0 unspecified atom stereocenters. The summed E-state index contributed by atoms with van der Waals surface area (Å²) in [6.45, 7) is 0.719. The third-order valence-electron chi connectivity index (χ3n) is 3.90. The molecule has 0 bridgehead atoms. The van der Waals surface area contributed by atoms with Crippen molar-refractivity contribution in [3.05, 3.63) is 91.1 Å². The minimum absolute atomic E-state index is 0.554. The van der Waals surface area contributed by atoms with E-state index >= 15 is 0 Å². The van der Waals surface area contributed by atoms with Crippen LogP contribution in [0.15, 0.2) is 85.6 Å². The van der Waals surface area contributed by atoms with Crippen LogP contribution in [0, 0.1) is 0 Å². The Kier molecular flexibility index (Phi) is 4.56. The molecule has 128 valence electrons. The summed E-state index contributed by atoms with van der Waals surface area (Å²) in [5.74, 6) is 1.33. The average Bonchev–Trinajstić information content (AvgIpc) is 3.23. The summed E-state index contributed by atoms with van der Waals surface area (Å²) < 4.78 is 1.95. The van der Waals surface area contributed by atoms with E-state index in [-0.39, 0.29) is 0 Å². The van der Waals surface area contributed by atoms with Crippen molar-refractivity contribution < 1.29 is 0 Å². The van der Waals surface area contributed by atoms with Crippen LogP contribution in [-0.4, -0.2) is 19.5 Å². The Bertz CT molecular complexity index is 949. The Morgan fingerprint density at radius 2 is 1.73 bits per heavy atom. The molecule has 0 aliphatic rings. The summed E-state index contributed by atoms with van der Waals surface area (Å²) in [5.41, 5.74) is 3.18. The van der Waals surface area contributed by atoms with Gasteiger partial charge in [0.1, 0.15) is 5.82 Å². The van der Waals surface area contributed by atoms with Crippen LogP contribution in [0.3, 0.4) is 0 Å². The van der Waals surface area contributed by atoms with Gasteiger partial charge in [0.2, 0.25) is 5.95 Å². The first-order valence-electron chi connectivity index (χ1n) is 8.33. The fourth-order valence-electron chi connectivity index (χ4n) is 2.56. The van der Waals surface area contributed by atoms with Gasteiger partial charge in [-0.15, -0.1) is 0 Å². The third-order valence-corrected chi connectivity index (χ3v) is 3.90. The van der Waals surface area contributed by atoms with Crippen molar-refractivity contribution in [1.29, 1.82) is 0 Å². The topological polar surface area (TPSA) is 67.7 Å². The standard InChI is InChI=1S/C20H18N6/c1-2-4-16(5-3-1)14-23-19-10-11-22-20(25-19)24-17-6-8-18(9-7-17)26-13-12-21-15-26/h1-13,15H,14H2,(H2,22,23,24,25). The minimum Gasteiger partial charge on any atom is -0.366 e. The fraction of sp³-hybridized carbons (Fsp3) is 0.0500. The monoisotopic (exact) mass is 342 g/mol. The highest BCUT2D eigenvalue weighted by Crippen LogP contribution is 2.17. The van der Waals surface area contributed by atoms with Crippen molar-refractivity contribution in [1.82, 2.24) is 19.5 Å². The van der Waals surface area contributed by atoms with Gasteiger partial charge < -0.3 is 15.2 Å². The Morgan fingerprint density at radius 1 is 0.885 bits per heavy atom. The number of nitrogens with one attached hydrogen (secondary N) is 2. The number of benzene rings is 2. The first-order chi connectivity index (χ1) is 12.9. The van der Waals surface area contributed by atoms with Crippen LogP contribution < -0.4 is 10.6 Å². The molecular formula is C20H18N6. The lowest BCUT2D eigenvalue weighted by Gasteiger charge is -2.09. The Labute approximate surface area is 151 Å². The second-order valence-corrected chi connectivity index (χ2v) is 5.75. The van der Waals surface area contributed by atoms with Gasteiger partial charge in [0.05, 0.1) is 6.33 Å². The number of hydrogen-bond donors (Lipinski definition) is 2. The SMILES string of the molecule is c1ccc(CNc2ccnc(Nc3ccc(-n4ccnc4)cc3)n2)cc1. The smallest absolute Gasteiger partial charge is 0.229 e. The second kappa shape index (κ2) is 7.48. The third kappa shape index (κ3) is 3.87. The molecule has 2 aromatic heterocycles. The van der Waals surface area contributed by atoms with Gasteiger partial charge in [-0.3, -0.25) is 0 Å². The van der Waals surface area contributed by atoms with Crippen molar-refractivity contribution in [3.8, 4) is 5.69 Å². The maximum Gasteiger partial charge on any atom is 0.229 e. The molecule has 6 nitrogen and oxygen atoms in total. The predicted molar refractivity (Wildman–Crippen MR) is 103 cm³/mol. The van der Waals surface area contributed by atoms with Crippen LogP contribution in [0.4, 0.5) is 17.5 Å². The molecule has 4 rings (SSSR count). The lowest BCUT2D eigenvalue weighted by molar-refractivity contribution is 1.06. The predicted octanol–water partition coefficient (Wildman–Crippen LogP) is 4.02. The maximum atomic E-state index is 4.51. The van der Waals surface area contributed by atoms with Gasteiger partial charge in [-0.05, 0) is 35.9 Å². The Balaban J connectivity index is 1.42. The van der Waals surface area contributed by atoms with Crippen molar-refractivity contribution in [3.63, 3.8) is 0 Å². The minimum atomic E-state index is 0.554. The number of aromatic nitrogens is 4. The summed E-state index contributed by atoms with van der Waals surface area (Å²) in [4.78, 5) is 12.8. The van der Waals surface area contributed by atoms with E-state index in [4.69, 9.17) is 0 Å². The summed E-state index contributed by atoms with van der Waals surface area (Å²) in [6, 6.07) is 20.1. The highest BCUT2D eigenvalue weighted by Gasteiger charge is 2.02. The van der Waals surface area contributed by atoms with Gasteiger partial charge in [-0.2, -0.15) is 4.98 Å². The Hall–Kier alpha value is -3.67. The molecule has 0 saturated carbocycles. The molecule has 4 aromatic rings. The molecular weight excluding hydrogens is 324 g/mol. The molecule has 0 amide bonds. The van der Waals surface area contributed by atoms with Gasteiger partial charge in [-0.25, -0.2) is 9.97 Å². The molecule has 0 spiro atoms. The van der Waals surface area contributed by atoms with Gasteiger partial charge in [0.15, 0.2) is 0 Å². The van der Waals surface area contributed by atoms with E-state index < -0.39 is 0 Å². The van der Waals surface area contributed by atoms with Crippen LogP contribution >= 0.6 is 0 Å². The largest absolute Gasteiger partial charge is 0.366 e. The molecule has 0 aliphatic heterocycles. The van der Waals surface area contributed by atoms with Crippen molar-refractivity contribution in [2.45, 2.75) is 6.54 Å².